The van der Waals surface area contributed by atoms with Crippen molar-refractivity contribution in [2.45, 2.75) is 37.5 Å². The van der Waals surface area contributed by atoms with Gasteiger partial charge in [0, 0.05) is 19.5 Å². The van der Waals surface area contributed by atoms with Crippen molar-refractivity contribution in [3.8, 4) is 6.07 Å². The van der Waals surface area contributed by atoms with Crippen molar-refractivity contribution in [2.24, 2.45) is 5.92 Å². The zero-order valence-corrected chi connectivity index (χ0v) is 13.4. The summed E-state index contributed by atoms with van der Waals surface area (Å²) in [6, 6.07) is 6.52. The topological polar surface area (TPSA) is 27.0 Å². The molecule has 8 heteroatoms. The standard InChI is InChI=1S/C17H18F6N2/c18-16(19,20)14-5-1-3-12(9-14)13-4-2-8-25(10-13)11-15(6-7-24)17(21,22)23/h1,3,5,9,13,15H,2,4,6,8,10-11H2/t13-,15-/m0/s1. The Hall–Kier alpha value is -1.75. The fraction of sp³-hybridized carbons (Fsp3) is 0.588. The minimum absolute atomic E-state index is 0.244. The predicted molar refractivity (Wildman–Crippen MR) is 79.6 cm³/mol. The largest absolute Gasteiger partial charge is 0.416 e. The van der Waals surface area contributed by atoms with E-state index < -0.39 is 30.3 Å². The molecule has 2 rings (SSSR count). The van der Waals surface area contributed by atoms with Gasteiger partial charge >= 0.3 is 12.4 Å². The van der Waals surface area contributed by atoms with E-state index in [1.807, 2.05) is 0 Å². The minimum Gasteiger partial charge on any atom is -0.302 e. The zero-order valence-electron chi connectivity index (χ0n) is 13.4. The van der Waals surface area contributed by atoms with E-state index in [1.54, 1.807) is 17.0 Å². The molecule has 2 nitrogen and oxygen atoms in total. The zero-order chi connectivity index (χ0) is 18.7. The van der Waals surface area contributed by atoms with E-state index in [-0.39, 0.29) is 19.0 Å². The van der Waals surface area contributed by atoms with Crippen LogP contribution in [0.15, 0.2) is 24.3 Å². The van der Waals surface area contributed by atoms with Crippen molar-refractivity contribution < 1.29 is 26.3 Å². The fourth-order valence-electron chi connectivity index (χ4n) is 3.17. The van der Waals surface area contributed by atoms with Crippen LogP contribution in [0.4, 0.5) is 26.3 Å². The van der Waals surface area contributed by atoms with Crippen LogP contribution < -0.4 is 0 Å². The van der Waals surface area contributed by atoms with Gasteiger partial charge in [0.05, 0.1) is 17.6 Å². The Balaban J connectivity index is 2.09. The van der Waals surface area contributed by atoms with Crippen molar-refractivity contribution in [3.05, 3.63) is 35.4 Å². The molecular weight excluding hydrogens is 346 g/mol. The molecule has 1 heterocycles. The SMILES string of the molecule is N#CC[C@@H](CN1CCC[C@H](c2cccc(C(F)(F)F)c2)C1)C(F)(F)F. The van der Waals surface area contributed by atoms with Crippen molar-refractivity contribution >= 4 is 0 Å². The quantitative estimate of drug-likeness (QED) is 0.705. The Labute approximate surface area is 142 Å². The van der Waals surface area contributed by atoms with E-state index in [0.29, 0.717) is 24.9 Å². The summed E-state index contributed by atoms with van der Waals surface area (Å²) in [5, 5.41) is 8.59. The fourth-order valence-corrected chi connectivity index (χ4v) is 3.17. The summed E-state index contributed by atoms with van der Waals surface area (Å²) in [6.07, 6.45) is -8.28. The summed E-state index contributed by atoms with van der Waals surface area (Å²) >= 11 is 0. The highest BCUT2D eigenvalue weighted by molar-refractivity contribution is 5.28. The maximum absolute atomic E-state index is 13.0. The van der Waals surface area contributed by atoms with Gasteiger partial charge in [0.2, 0.25) is 0 Å². The van der Waals surface area contributed by atoms with E-state index in [2.05, 4.69) is 0 Å². The summed E-state index contributed by atoms with van der Waals surface area (Å²) in [4.78, 5) is 1.60. The summed E-state index contributed by atoms with van der Waals surface area (Å²) in [5.74, 6) is -1.98. The molecule has 0 aliphatic carbocycles. The van der Waals surface area contributed by atoms with Gasteiger partial charge in [0.25, 0.3) is 0 Å². The highest BCUT2D eigenvalue weighted by Crippen LogP contribution is 2.35. The molecule has 1 aromatic carbocycles. The van der Waals surface area contributed by atoms with Gasteiger partial charge in [0.15, 0.2) is 0 Å². The molecule has 0 N–H and O–H groups in total. The van der Waals surface area contributed by atoms with E-state index in [1.165, 1.54) is 6.07 Å². The van der Waals surface area contributed by atoms with Gasteiger partial charge in [-0.25, -0.2) is 0 Å². The number of rotatable bonds is 4. The Morgan fingerprint density at radius 2 is 1.92 bits per heavy atom. The number of nitriles is 1. The van der Waals surface area contributed by atoms with Crippen LogP contribution in [-0.4, -0.2) is 30.7 Å². The maximum Gasteiger partial charge on any atom is 0.416 e. The molecule has 0 unspecified atom stereocenters. The van der Waals surface area contributed by atoms with Gasteiger partial charge in [0.1, 0.15) is 0 Å². The van der Waals surface area contributed by atoms with Gasteiger partial charge in [-0.1, -0.05) is 18.2 Å². The second-order valence-electron chi connectivity index (χ2n) is 6.32. The van der Waals surface area contributed by atoms with Crippen molar-refractivity contribution in [1.29, 1.82) is 5.26 Å². The smallest absolute Gasteiger partial charge is 0.302 e. The summed E-state index contributed by atoms with van der Waals surface area (Å²) in [5.41, 5.74) is -0.261. The maximum atomic E-state index is 13.0. The van der Waals surface area contributed by atoms with Crippen LogP contribution in [-0.2, 0) is 6.18 Å². The van der Waals surface area contributed by atoms with E-state index in [4.69, 9.17) is 5.26 Å². The molecule has 1 saturated heterocycles. The normalized spacial score (nSPS) is 20.9. The summed E-state index contributed by atoms with van der Waals surface area (Å²) < 4.78 is 77.4. The van der Waals surface area contributed by atoms with Crippen LogP contribution in [0.1, 0.15) is 36.3 Å². The van der Waals surface area contributed by atoms with Crippen LogP contribution in [0.2, 0.25) is 0 Å². The number of piperidine rings is 1. The van der Waals surface area contributed by atoms with Gasteiger partial charge in [-0.15, -0.1) is 0 Å². The Morgan fingerprint density at radius 3 is 2.52 bits per heavy atom. The van der Waals surface area contributed by atoms with Gasteiger partial charge in [-0.2, -0.15) is 31.6 Å². The molecule has 0 bridgehead atoms. The lowest BCUT2D eigenvalue weighted by Gasteiger charge is -2.35. The molecule has 1 aliphatic heterocycles. The average molecular weight is 364 g/mol. The highest BCUT2D eigenvalue weighted by atomic mass is 19.4. The third-order valence-electron chi connectivity index (χ3n) is 4.47. The first kappa shape index (κ1) is 19.6. The minimum atomic E-state index is -4.46. The molecule has 0 aromatic heterocycles. The Morgan fingerprint density at radius 1 is 1.20 bits per heavy atom. The molecule has 2 atom stereocenters. The molecule has 25 heavy (non-hydrogen) atoms. The predicted octanol–water partition coefficient (Wildman–Crippen LogP) is 4.98. The first-order valence-electron chi connectivity index (χ1n) is 7.94. The molecule has 138 valence electrons. The molecule has 0 amide bonds. The first-order valence-corrected chi connectivity index (χ1v) is 7.94. The second-order valence-corrected chi connectivity index (χ2v) is 6.32. The van der Waals surface area contributed by atoms with Gasteiger partial charge in [-0.05, 0) is 36.9 Å². The van der Waals surface area contributed by atoms with Crippen LogP contribution in [0.5, 0.6) is 0 Å². The van der Waals surface area contributed by atoms with Crippen LogP contribution in [0, 0.1) is 17.2 Å². The summed E-state index contributed by atoms with van der Waals surface area (Å²) in [6.45, 7) is 0.416. The lowest BCUT2D eigenvalue weighted by atomic mass is 9.89. The van der Waals surface area contributed by atoms with Gasteiger partial charge < -0.3 is 4.90 Å². The molecule has 1 aliphatic rings. The third-order valence-corrected chi connectivity index (χ3v) is 4.47. The number of hydrogen-bond acceptors (Lipinski definition) is 2. The number of hydrogen-bond donors (Lipinski definition) is 0. The number of halogens is 6. The molecule has 0 radical (unpaired) electrons. The molecule has 0 spiro atoms. The van der Waals surface area contributed by atoms with E-state index in [9.17, 15) is 26.3 Å². The number of likely N-dealkylation sites (tertiary alicyclic amines) is 1. The number of alkyl halides is 6. The lowest BCUT2D eigenvalue weighted by molar-refractivity contribution is -0.178. The summed E-state index contributed by atoms with van der Waals surface area (Å²) in [7, 11) is 0. The number of nitrogens with zero attached hydrogens (tertiary/aromatic N) is 2. The third kappa shape index (κ3) is 5.36. The van der Waals surface area contributed by atoms with Crippen LogP contribution >= 0.6 is 0 Å². The van der Waals surface area contributed by atoms with E-state index >= 15 is 0 Å². The average Bonchev–Trinajstić information content (AvgIpc) is 2.53. The first-order chi connectivity index (χ1) is 11.6. The van der Waals surface area contributed by atoms with Gasteiger partial charge in [-0.3, -0.25) is 0 Å². The van der Waals surface area contributed by atoms with Crippen molar-refractivity contribution in [2.75, 3.05) is 19.6 Å². The monoisotopic (exact) mass is 364 g/mol. The Kier molecular flexibility index (Phi) is 5.99. The van der Waals surface area contributed by atoms with Crippen molar-refractivity contribution in [3.63, 3.8) is 0 Å². The molecule has 0 saturated carbocycles. The molecule has 1 fully saturated rings. The van der Waals surface area contributed by atoms with Crippen molar-refractivity contribution in [1.82, 2.24) is 4.90 Å². The molecular formula is C17H18F6N2. The van der Waals surface area contributed by atoms with Crippen LogP contribution in [0.25, 0.3) is 0 Å². The Bertz CT molecular complexity index is 617. The number of benzene rings is 1. The highest BCUT2D eigenvalue weighted by Gasteiger charge is 2.41. The second kappa shape index (κ2) is 7.65. The van der Waals surface area contributed by atoms with E-state index in [0.717, 1.165) is 12.1 Å². The van der Waals surface area contributed by atoms with Crippen LogP contribution in [0.3, 0.4) is 0 Å². The molecule has 1 aromatic rings. The lowest BCUT2D eigenvalue weighted by Crippen LogP contribution is -2.41.